The molecule has 2 aromatic carbocycles. The van der Waals surface area contributed by atoms with E-state index in [-0.39, 0.29) is 5.91 Å². The van der Waals surface area contributed by atoms with Crippen molar-refractivity contribution in [1.82, 2.24) is 4.90 Å². The molecule has 0 heterocycles. The van der Waals surface area contributed by atoms with Gasteiger partial charge in [0.1, 0.15) is 0 Å². The lowest BCUT2D eigenvalue weighted by atomic mass is 10.1. The van der Waals surface area contributed by atoms with Crippen LogP contribution in [0.4, 0.5) is 5.69 Å². The SMILES string of the molecule is Cc1ccc(CN(C)C(=O)c2cccc(Cl)c2N)cc1. The molecule has 0 fully saturated rings. The Hall–Kier alpha value is -2.00. The van der Waals surface area contributed by atoms with Gasteiger partial charge in [0.2, 0.25) is 0 Å². The van der Waals surface area contributed by atoms with E-state index in [2.05, 4.69) is 0 Å². The molecule has 0 atom stereocenters. The summed E-state index contributed by atoms with van der Waals surface area (Å²) in [7, 11) is 1.75. The number of carbonyl (C=O) groups is 1. The first-order chi connectivity index (χ1) is 9.49. The summed E-state index contributed by atoms with van der Waals surface area (Å²) in [5.41, 5.74) is 8.89. The maximum Gasteiger partial charge on any atom is 0.256 e. The zero-order valence-electron chi connectivity index (χ0n) is 11.6. The molecule has 0 unspecified atom stereocenters. The van der Waals surface area contributed by atoms with E-state index in [4.69, 9.17) is 17.3 Å². The molecule has 4 heteroatoms. The van der Waals surface area contributed by atoms with Gasteiger partial charge in [-0.15, -0.1) is 0 Å². The van der Waals surface area contributed by atoms with Gasteiger partial charge in [-0.2, -0.15) is 0 Å². The van der Waals surface area contributed by atoms with Crippen LogP contribution in [0.1, 0.15) is 21.5 Å². The number of aryl methyl sites for hydroxylation is 1. The van der Waals surface area contributed by atoms with Crippen molar-refractivity contribution in [2.24, 2.45) is 0 Å². The van der Waals surface area contributed by atoms with E-state index < -0.39 is 0 Å². The van der Waals surface area contributed by atoms with Crippen LogP contribution in [-0.4, -0.2) is 17.9 Å². The molecule has 0 spiro atoms. The van der Waals surface area contributed by atoms with E-state index in [1.54, 1.807) is 30.1 Å². The minimum atomic E-state index is -0.134. The van der Waals surface area contributed by atoms with Crippen molar-refractivity contribution in [3.63, 3.8) is 0 Å². The highest BCUT2D eigenvalue weighted by atomic mass is 35.5. The summed E-state index contributed by atoms with van der Waals surface area (Å²) in [6.45, 7) is 2.57. The molecule has 0 saturated carbocycles. The van der Waals surface area contributed by atoms with Crippen molar-refractivity contribution < 1.29 is 4.79 Å². The van der Waals surface area contributed by atoms with Gasteiger partial charge >= 0.3 is 0 Å². The number of benzene rings is 2. The Kier molecular flexibility index (Phi) is 4.30. The van der Waals surface area contributed by atoms with Crippen molar-refractivity contribution in [2.45, 2.75) is 13.5 Å². The Bertz CT molecular complexity index is 623. The zero-order valence-corrected chi connectivity index (χ0v) is 12.3. The van der Waals surface area contributed by atoms with Crippen LogP contribution in [0.2, 0.25) is 5.02 Å². The number of hydrogen-bond donors (Lipinski definition) is 1. The fraction of sp³-hybridized carbons (Fsp3) is 0.188. The third-order valence-corrected chi connectivity index (χ3v) is 3.50. The molecule has 0 saturated heterocycles. The van der Waals surface area contributed by atoms with Gasteiger partial charge in [-0.3, -0.25) is 4.79 Å². The normalized spacial score (nSPS) is 10.3. The number of para-hydroxylation sites is 1. The van der Waals surface area contributed by atoms with Crippen molar-refractivity contribution >= 4 is 23.2 Å². The molecular formula is C16H17ClN2O. The van der Waals surface area contributed by atoms with Gasteiger partial charge in [-0.05, 0) is 24.6 Å². The van der Waals surface area contributed by atoms with Crippen LogP contribution in [0, 0.1) is 6.92 Å². The summed E-state index contributed by atoms with van der Waals surface area (Å²) in [5, 5.41) is 0.402. The number of nitrogens with two attached hydrogens (primary N) is 1. The third-order valence-electron chi connectivity index (χ3n) is 3.17. The zero-order chi connectivity index (χ0) is 14.7. The largest absolute Gasteiger partial charge is 0.397 e. The molecular weight excluding hydrogens is 272 g/mol. The quantitative estimate of drug-likeness (QED) is 0.879. The highest BCUT2D eigenvalue weighted by Gasteiger charge is 2.16. The number of amides is 1. The van der Waals surface area contributed by atoms with E-state index in [1.807, 2.05) is 31.2 Å². The van der Waals surface area contributed by atoms with Crippen molar-refractivity contribution in [1.29, 1.82) is 0 Å². The first kappa shape index (κ1) is 14.4. The molecule has 2 rings (SSSR count). The molecule has 20 heavy (non-hydrogen) atoms. The second-order valence-electron chi connectivity index (χ2n) is 4.85. The Morgan fingerprint density at radius 1 is 1.20 bits per heavy atom. The first-order valence-corrected chi connectivity index (χ1v) is 6.72. The van der Waals surface area contributed by atoms with Gasteiger partial charge in [0.15, 0.2) is 0 Å². The van der Waals surface area contributed by atoms with E-state index in [9.17, 15) is 4.79 Å². The molecule has 0 aromatic heterocycles. The number of rotatable bonds is 3. The summed E-state index contributed by atoms with van der Waals surface area (Å²) >= 11 is 5.94. The van der Waals surface area contributed by atoms with E-state index in [0.717, 1.165) is 5.56 Å². The second-order valence-corrected chi connectivity index (χ2v) is 5.26. The van der Waals surface area contributed by atoms with Crippen LogP contribution >= 0.6 is 11.6 Å². The van der Waals surface area contributed by atoms with E-state index in [1.165, 1.54) is 5.56 Å². The Balaban J connectivity index is 2.16. The maximum absolute atomic E-state index is 12.4. The molecule has 0 aliphatic rings. The number of carbonyl (C=O) groups excluding carboxylic acids is 1. The van der Waals surface area contributed by atoms with Gasteiger partial charge in [-0.25, -0.2) is 0 Å². The van der Waals surface area contributed by atoms with Crippen LogP contribution in [0.3, 0.4) is 0 Å². The summed E-state index contributed by atoms with van der Waals surface area (Å²) in [5.74, 6) is -0.134. The first-order valence-electron chi connectivity index (χ1n) is 6.34. The lowest BCUT2D eigenvalue weighted by molar-refractivity contribution is 0.0786. The lowest BCUT2D eigenvalue weighted by Gasteiger charge is -2.18. The fourth-order valence-corrected chi connectivity index (χ4v) is 2.14. The molecule has 0 bridgehead atoms. The van der Waals surface area contributed by atoms with Gasteiger partial charge in [0.05, 0.1) is 16.3 Å². The molecule has 0 aliphatic carbocycles. The molecule has 1 amide bonds. The van der Waals surface area contributed by atoms with Crippen molar-refractivity contribution in [3.8, 4) is 0 Å². The topological polar surface area (TPSA) is 46.3 Å². The van der Waals surface area contributed by atoms with Crippen LogP contribution < -0.4 is 5.73 Å². The summed E-state index contributed by atoms with van der Waals surface area (Å²) < 4.78 is 0. The van der Waals surface area contributed by atoms with E-state index in [0.29, 0.717) is 22.8 Å². The monoisotopic (exact) mass is 288 g/mol. The second kappa shape index (κ2) is 5.97. The van der Waals surface area contributed by atoms with Gasteiger partial charge < -0.3 is 10.6 Å². The molecule has 0 radical (unpaired) electrons. The van der Waals surface area contributed by atoms with Crippen LogP contribution in [-0.2, 0) is 6.54 Å². The highest BCUT2D eigenvalue weighted by molar-refractivity contribution is 6.33. The Morgan fingerprint density at radius 2 is 1.85 bits per heavy atom. The Morgan fingerprint density at radius 3 is 2.50 bits per heavy atom. The van der Waals surface area contributed by atoms with Gasteiger partial charge in [-0.1, -0.05) is 47.5 Å². The lowest BCUT2D eigenvalue weighted by Crippen LogP contribution is -2.27. The van der Waals surface area contributed by atoms with Crippen LogP contribution in [0.5, 0.6) is 0 Å². The average molecular weight is 289 g/mol. The minimum absolute atomic E-state index is 0.134. The highest BCUT2D eigenvalue weighted by Crippen LogP contribution is 2.23. The number of halogens is 1. The summed E-state index contributed by atoms with van der Waals surface area (Å²) in [4.78, 5) is 14.0. The molecule has 2 N–H and O–H groups in total. The summed E-state index contributed by atoms with van der Waals surface area (Å²) in [6, 6.07) is 13.2. The predicted molar refractivity (Wildman–Crippen MR) is 82.8 cm³/mol. The van der Waals surface area contributed by atoms with Crippen LogP contribution in [0.25, 0.3) is 0 Å². The predicted octanol–water partition coefficient (Wildman–Crippen LogP) is 3.50. The average Bonchev–Trinajstić information content (AvgIpc) is 2.43. The molecule has 3 nitrogen and oxygen atoms in total. The van der Waals surface area contributed by atoms with Gasteiger partial charge in [0, 0.05) is 13.6 Å². The number of anilines is 1. The molecule has 104 valence electrons. The van der Waals surface area contributed by atoms with Crippen molar-refractivity contribution in [2.75, 3.05) is 12.8 Å². The minimum Gasteiger partial charge on any atom is -0.397 e. The standard InChI is InChI=1S/C16H17ClN2O/c1-11-6-8-12(9-7-11)10-19(2)16(20)13-4-3-5-14(17)15(13)18/h3-9H,10,18H2,1-2H3. The van der Waals surface area contributed by atoms with E-state index >= 15 is 0 Å². The molecule has 0 aliphatic heterocycles. The van der Waals surface area contributed by atoms with Crippen LogP contribution in [0.15, 0.2) is 42.5 Å². The smallest absolute Gasteiger partial charge is 0.256 e. The number of nitrogen functional groups attached to an aromatic ring is 1. The molecule has 2 aromatic rings. The number of hydrogen-bond acceptors (Lipinski definition) is 2. The summed E-state index contributed by atoms with van der Waals surface area (Å²) in [6.07, 6.45) is 0. The Labute approximate surface area is 124 Å². The van der Waals surface area contributed by atoms with Crippen molar-refractivity contribution in [3.05, 3.63) is 64.2 Å². The van der Waals surface area contributed by atoms with Gasteiger partial charge in [0.25, 0.3) is 5.91 Å². The fourth-order valence-electron chi connectivity index (χ4n) is 1.97. The third kappa shape index (κ3) is 3.11. The maximum atomic E-state index is 12.4. The number of nitrogens with zero attached hydrogens (tertiary/aromatic N) is 1.